The number of aliphatic carboxylic acids is 1. The van der Waals surface area contributed by atoms with Crippen molar-refractivity contribution in [2.45, 2.75) is 18.9 Å². The van der Waals surface area contributed by atoms with Crippen molar-refractivity contribution in [3.63, 3.8) is 0 Å². The topological polar surface area (TPSA) is 83.5 Å². The van der Waals surface area contributed by atoms with Gasteiger partial charge in [0, 0.05) is 6.54 Å². The monoisotopic (exact) mass is 133 g/mol. The molecule has 0 aromatic carbocycles. The Morgan fingerprint density at radius 2 is 2.22 bits per heavy atom. The van der Waals surface area contributed by atoms with Gasteiger partial charge in [-0.25, -0.2) is 4.79 Å². The summed E-state index contributed by atoms with van der Waals surface area (Å²) in [4.78, 5) is 10.2. The molecule has 1 atom stereocenters. The summed E-state index contributed by atoms with van der Waals surface area (Å²) >= 11 is 0. The van der Waals surface area contributed by atoms with Gasteiger partial charge < -0.3 is 15.9 Å². The van der Waals surface area contributed by atoms with E-state index in [0.29, 0.717) is 0 Å². The maximum Gasteiger partial charge on any atom is 0.337 e. The Balaban J connectivity index is 4.09. The molecular weight excluding hydrogens is 122 g/mol. The summed E-state index contributed by atoms with van der Waals surface area (Å²) in [5, 5.41) is 17.3. The van der Waals surface area contributed by atoms with E-state index in [-0.39, 0.29) is 13.0 Å². The fraction of sp³-hybridized carbons (Fsp3) is 0.800. The molecule has 0 amide bonds. The predicted octanol–water partition coefficient (Wildman–Crippen LogP) is -0.829. The zero-order chi connectivity index (χ0) is 7.49. The van der Waals surface area contributed by atoms with Gasteiger partial charge in [0.25, 0.3) is 0 Å². The molecule has 4 nitrogen and oxygen atoms in total. The largest absolute Gasteiger partial charge is 0.479 e. The number of rotatable bonds is 3. The van der Waals surface area contributed by atoms with E-state index < -0.39 is 11.6 Å². The average Bonchev–Trinajstić information content (AvgIpc) is 1.86. The van der Waals surface area contributed by atoms with Gasteiger partial charge in [-0.3, -0.25) is 0 Å². The van der Waals surface area contributed by atoms with E-state index in [1.807, 2.05) is 0 Å². The van der Waals surface area contributed by atoms with Gasteiger partial charge in [0.2, 0.25) is 0 Å². The number of carbonyl (C=O) groups is 1. The highest BCUT2D eigenvalue weighted by Gasteiger charge is 2.31. The van der Waals surface area contributed by atoms with Crippen LogP contribution in [0.2, 0.25) is 0 Å². The Morgan fingerprint density at radius 3 is 2.22 bits per heavy atom. The molecule has 0 unspecified atom stereocenters. The van der Waals surface area contributed by atoms with Crippen molar-refractivity contribution >= 4 is 5.97 Å². The third kappa shape index (κ3) is 1.65. The molecule has 9 heavy (non-hydrogen) atoms. The van der Waals surface area contributed by atoms with Gasteiger partial charge >= 0.3 is 5.97 Å². The van der Waals surface area contributed by atoms with Gasteiger partial charge in [0.05, 0.1) is 0 Å². The lowest BCUT2D eigenvalue weighted by Crippen LogP contribution is -2.44. The molecule has 0 saturated heterocycles. The van der Waals surface area contributed by atoms with Crippen molar-refractivity contribution in [2.75, 3.05) is 6.54 Å². The summed E-state index contributed by atoms with van der Waals surface area (Å²) in [6.07, 6.45) is 0.138. The highest BCUT2D eigenvalue weighted by molar-refractivity contribution is 5.77. The molecule has 54 valence electrons. The van der Waals surface area contributed by atoms with E-state index in [1.165, 1.54) is 0 Å². The van der Waals surface area contributed by atoms with Crippen molar-refractivity contribution < 1.29 is 15.0 Å². The van der Waals surface area contributed by atoms with E-state index >= 15 is 0 Å². The molecule has 0 saturated carbocycles. The Labute approximate surface area is 53.3 Å². The highest BCUT2D eigenvalue weighted by Crippen LogP contribution is 2.06. The van der Waals surface area contributed by atoms with Crippen LogP contribution in [-0.4, -0.2) is 28.3 Å². The number of aliphatic hydroxyl groups is 1. The van der Waals surface area contributed by atoms with Crippen LogP contribution < -0.4 is 5.73 Å². The van der Waals surface area contributed by atoms with Crippen LogP contribution in [0, 0.1) is 0 Å². The molecule has 0 aliphatic rings. The minimum absolute atomic E-state index is 0.138. The van der Waals surface area contributed by atoms with Gasteiger partial charge in [-0.05, 0) is 6.42 Å². The number of nitrogens with two attached hydrogens (primary N) is 1. The lowest BCUT2D eigenvalue weighted by molar-refractivity contribution is -0.157. The van der Waals surface area contributed by atoms with E-state index in [4.69, 9.17) is 15.9 Å². The quantitative estimate of drug-likeness (QED) is 0.469. The molecule has 4 heteroatoms. The van der Waals surface area contributed by atoms with Crippen LogP contribution in [0.1, 0.15) is 13.3 Å². The molecule has 0 aromatic heterocycles. The predicted molar refractivity (Wildman–Crippen MR) is 31.9 cm³/mol. The SMILES string of the molecule is CC[C@](O)(CN)C(=O)O. The fourth-order valence-corrected chi connectivity index (χ4v) is 0.383. The molecule has 0 heterocycles. The van der Waals surface area contributed by atoms with E-state index in [1.54, 1.807) is 6.92 Å². The first-order valence-electron chi connectivity index (χ1n) is 2.72. The van der Waals surface area contributed by atoms with Crippen LogP contribution in [0.15, 0.2) is 0 Å². The summed E-state index contributed by atoms with van der Waals surface area (Å²) < 4.78 is 0. The minimum Gasteiger partial charge on any atom is -0.479 e. The molecule has 0 aliphatic carbocycles. The first kappa shape index (κ1) is 8.39. The standard InChI is InChI=1S/C5H11NO3/c1-2-5(9,3-6)4(7)8/h9H,2-3,6H2,1H3,(H,7,8)/t5-/m0/s1. The second-order valence-corrected chi connectivity index (χ2v) is 1.89. The number of hydrogen-bond donors (Lipinski definition) is 3. The Hall–Kier alpha value is -0.610. The number of hydrogen-bond acceptors (Lipinski definition) is 3. The molecule has 0 aliphatic heterocycles. The fourth-order valence-electron chi connectivity index (χ4n) is 0.383. The first-order valence-corrected chi connectivity index (χ1v) is 2.72. The summed E-state index contributed by atoms with van der Waals surface area (Å²) in [7, 11) is 0. The summed E-state index contributed by atoms with van der Waals surface area (Å²) in [5.41, 5.74) is 3.27. The van der Waals surface area contributed by atoms with Crippen LogP contribution in [0.4, 0.5) is 0 Å². The van der Waals surface area contributed by atoms with Crippen molar-refractivity contribution in [1.82, 2.24) is 0 Å². The summed E-state index contributed by atoms with van der Waals surface area (Å²) in [5.74, 6) is -1.26. The highest BCUT2D eigenvalue weighted by atomic mass is 16.4. The summed E-state index contributed by atoms with van der Waals surface area (Å²) in [6.45, 7) is 1.33. The number of carboxylic acids is 1. The maximum absolute atomic E-state index is 10.2. The van der Waals surface area contributed by atoms with Crippen molar-refractivity contribution in [3.8, 4) is 0 Å². The second kappa shape index (κ2) is 2.80. The normalized spacial score (nSPS) is 16.8. The third-order valence-corrected chi connectivity index (χ3v) is 1.32. The second-order valence-electron chi connectivity index (χ2n) is 1.89. The average molecular weight is 133 g/mol. The van der Waals surface area contributed by atoms with Gasteiger partial charge in [-0.15, -0.1) is 0 Å². The van der Waals surface area contributed by atoms with Crippen LogP contribution in [0.3, 0.4) is 0 Å². The molecule has 0 aromatic rings. The molecule has 0 rings (SSSR count). The van der Waals surface area contributed by atoms with Gasteiger partial charge in [-0.1, -0.05) is 6.92 Å². The van der Waals surface area contributed by atoms with Crippen LogP contribution in [-0.2, 0) is 4.79 Å². The van der Waals surface area contributed by atoms with E-state index in [9.17, 15) is 4.79 Å². The molecule has 4 N–H and O–H groups in total. The van der Waals surface area contributed by atoms with Gasteiger partial charge in [-0.2, -0.15) is 0 Å². The zero-order valence-electron chi connectivity index (χ0n) is 5.29. The number of carboxylic acid groups (broad SMARTS) is 1. The smallest absolute Gasteiger partial charge is 0.337 e. The van der Waals surface area contributed by atoms with Crippen LogP contribution >= 0.6 is 0 Å². The third-order valence-electron chi connectivity index (χ3n) is 1.32. The van der Waals surface area contributed by atoms with Crippen molar-refractivity contribution in [1.29, 1.82) is 0 Å². The lowest BCUT2D eigenvalue weighted by Gasteiger charge is -2.17. The van der Waals surface area contributed by atoms with Gasteiger partial charge in [0.1, 0.15) is 0 Å². The van der Waals surface area contributed by atoms with Crippen molar-refractivity contribution in [2.24, 2.45) is 5.73 Å². The zero-order valence-corrected chi connectivity index (χ0v) is 5.29. The van der Waals surface area contributed by atoms with E-state index in [0.717, 1.165) is 0 Å². The molecule has 0 fully saturated rings. The van der Waals surface area contributed by atoms with Crippen molar-refractivity contribution in [3.05, 3.63) is 0 Å². The van der Waals surface area contributed by atoms with Gasteiger partial charge in [0.15, 0.2) is 5.60 Å². The Bertz CT molecular complexity index is 109. The Kier molecular flexibility index (Phi) is 2.61. The molecule has 0 radical (unpaired) electrons. The lowest BCUT2D eigenvalue weighted by atomic mass is 10.0. The molecule has 0 spiro atoms. The molecule has 0 bridgehead atoms. The molecular formula is C5H11NO3. The van der Waals surface area contributed by atoms with Crippen LogP contribution in [0.25, 0.3) is 0 Å². The summed E-state index contributed by atoms with van der Waals surface area (Å²) in [6, 6.07) is 0. The minimum atomic E-state index is -1.72. The maximum atomic E-state index is 10.2. The van der Waals surface area contributed by atoms with E-state index in [2.05, 4.69) is 0 Å². The first-order chi connectivity index (χ1) is 4.06. The Morgan fingerprint density at radius 1 is 1.78 bits per heavy atom. The van der Waals surface area contributed by atoms with Crippen LogP contribution in [0.5, 0.6) is 0 Å².